The van der Waals surface area contributed by atoms with Crippen LogP contribution in [0.5, 0.6) is 0 Å². The molecular formula is C12H15ClN2OS. The van der Waals surface area contributed by atoms with Gasteiger partial charge in [0.1, 0.15) is 10.8 Å². The van der Waals surface area contributed by atoms with Gasteiger partial charge in [-0.25, -0.2) is 9.97 Å². The number of halogens is 1. The average Bonchev–Trinajstić information content (AvgIpc) is 2.38. The third kappa shape index (κ3) is 3.19. The second kappa shape index (κ2) is 5.83. The minimum Gasteiger partial charge on any atom is -0.292 e. The van der Waals surface area contributed by atoms with E-state index in [1.807, 2.05) is 6.26 Å². The molecule has 1 saturated carbocycles. The maximum Gasteiger partial charge on any atom is 0.189 e. The molecule has 0 unspecified atom stereocenters. The molecular weight excluding hydrogens is 256 g/mol. The van der Waals surface area contributed by atoms with Crippen molar-refractivity contribution in [2.75, 3.05) is 6.26 Å². The summed E-state index contributed by atoms with van der Waals surface area (Å²) in [7, 11) is 0. The van der Waals surface area contributed by atoms with E-state index < -0.39 is 0 Å². The molecule has 0 spiro atoms. The third-order valence-corrected chi connectivity index (χ3v) is 3.83. The lowest BCUT2D eigenvalue weighted by Crippen LogP contribution is -2.19. The molecule has 1 heterocycles. The van der Waals surface area contributed by atoms with Gasteiger partial charge in [-0.15, -0.1) is 0 Å². The first-order chi connectivity index (χ1) is 8.20. The van der Waals surface area contributed by atoms with Crippen molar-refractivity contribution in [1.82, 2.24) is 9.97 Å². The van der Waals surface area contributed by atoms with Gasteiger partial charge in [-0.1, -0.05) is 42.6 Å². The zero-order valence-electron chi connectivity index (χ0n) is 9.78. The van der Waals surface area contributed by atoms with Gasteiger partial charge in [0.05, 0.1) is 0 Å². The van der Waals surface area contributed by atoms with Crippen LogP contribution in [0.1, 0.15) is 42.6 Å². The van der Waals surface area contributed by atoms with Gasteiger partial charge < -0.3 is 0 Å². The van der Waals surface area contributed by atoms with Crippen LogP contribution in [0.15, 0.2) is 11.2 Å². The van der Waals surface area contributed by atoms with Crippen LogP contribution < -0.4 is 0 Å². The maximum atomic E-state index is 12.3. The molecule has 1 aromatic rings. The first-order valence-electron chi connectivity index (χ1n) is 5.83. The monoisotopic (exact) mass is 270 g/mol. The van der Waals surface area contributed by atoms with Crippen LogP contribution in [0.3, 0.4) is 0 Å². The summed E-state index contributed by atoms with van der Waals surface area (Å²) in [6.07, 6.45) is 7.37. The van der Waals surface area contributed by atoms with Gasteiger partial charge in [-0.3, -0.25) is 4.79 Å². The first-order valence-corrected chi connectivity index (χ1v) is 7.44. The Morgan fingerprint density at radius 3 is 2.71 bits per heavy atom. The second-order valence-electron chi connectivity index (χ2n) is 4.26. The summed E-state index contributed by atoms with van der Waals surface area (Å²) in [5.74, 6) is 0.258. The highest BCUT2D eigenvalue weighted by molar-refractivity contribution is 7.98. The van der Waals surface area contributed by atoms with Crippen molar-refractivity contribution in [2.24, 2.45) is 5.92 Å². The summed E-state index contributed by atoms with van der Waals surface area (Å²) >= 11 is 7.30. The molecule has 5 heteroatoms. The number of carbonyl (C=O) groups excluding carboxylic acids is 1. The van der Waals surface area contributed by atoms with Crippen molar-refractivity contribution in [3.63, 3.8) is 0 Å². The van der Waals surface area contributed by atoms with Gasteiger partial charge in [0.15, 0.2) is 10.9 Å². The molecule has 0 saturated heterocycles. The Morgan fingerprint density at radius 2 is 2.06 bits per heavy atom. The molecule has 0 N–H and O–H groups in total. The lowest BCUT2D eigenvalue weighted by molar-refractivity contribution is 0.0883. The predicted octanol–water partition coefficient (Wildman–Crippen LogP) is 3.61. The Kier molecular flexibility index (Phi) is 4.40. The smallest absolute Gasteiger partial charge is 0.189 e. The molecule has 0 atom stereocenters. The Balaban J connectivity index is 2.20. The standard InChI is InChI=1S/C12H15ClN2OS/c1-17-12-14-9(7-10(13)15-12)11(16)8-5-3-2-4-6-8/h7-8H,2-6H2,1H3. The van der Waals surface area contributed by atoms with E-state index in [-0.39, 0.29) is 11.7 Å². The summed E-state index contributed by atoms with van der Waals surface area (Å²) in [5.41, 5.74) is 0.473. The summed E-state index contributed by atoms with van der Waals surface area (Å²) in [6, 6.07) is 1.58. The average molecular weight is 271 g/mol. The Hall–Kier alpha value is -0.610. The minimum absolute atomic E-state index is 0.129. The number of hydrogen-bond donors (Lipinski definition) is 0. The fourth-order valence-electron chi connectivity index (χ4n) is 2.19. The largest absolute Gasteiger partial charge is 0.292 e. The van der Waals surface area contributed by atoms with Crippen LogP contribution >= 0.6 is 23.4 Å². The van der Waals surface area contributed by atoms with E-state index in [1.165, 1.54) is 18.2 Å². The predicted molar refractivity (Wildman–Crippen MR) is 69.7 cm³/mol. The van der Waals surface area contributed by atoms with Gasteiger partial charge in [0.2, 0.25) is 0 Å². The zero-order valence-corrected chi connectivity index (χ0v) is 11.4. The van der Waals surface area contributed by atoms with E-state index in [4.69, 9.17) is 11.6 Å². The number of rotatable bonds is 3. The summed E-state index contributed by atoms with van der Waals surface area (Å²) in [6.45, 7) is 0. The van der Waals surface area contributed by atoms with E-state index >= 15 is 0 Å². The maximum absolute atomic E-state index is 12.3. The number of nitrogens with zero attached hydrogens (tertiary/aromatic N) is 2. The Bertz CT molecular complexity index is 419. The summed E-state index contributed by atoms with van der Waals surface area (Å²) in [5, 5.41) is 0.917. The molecule has 1 aliphatic carbocycles. The quantitative estimate of drug-likeness (QED) is 0.364. The number of carbonyl (C=O) groups is 1. The van der Waals surface area contributed by atoms with Crippen molar-refractivity contribution in [3.8, 4) is 0 Å². The minimum atomic E-state index is 0.129. The highest BCUT2D eigenvalue weighted by atomic mass is 35.5. The van der Waals surface area contributed by atoms with Crippen molar-refractivity contribution in [2.45, 2.75) is 37.3 Å². The van der Waals surface area contributed by atoms with Crippen LogP contribution in [0.2, 0.25) is 5.15 Å². The molecule has 3 nitrogen and oxygen atoms in total. The molecule has 0 radical (unpaired) electrons. The van der Waals surface area contributed by atoms with Crippen molar-refractivity contribution < 1.29 is 4.79 Å². The number of aromatic nitrogens is 2. The van der Waals surface area contributed by atoms with Crippen LogP contribution in [0.25, 0.3) is 0 Å². The third-order valence-electron chi connectivity index (χ3n) is 3.09. The lowest BCUT2D eigenvalue weighted by Gasteiger charge is -2.19. The first kappa shape index (κ1) is 12.8. The lowest BCUT2D eigenvalue weighted by atomic mass is 9.85. The van der Waals surface area contributed by atoms with E-state index in [1.54, 1.807) is 6.07 Å². The summed E-state index contributed by atoms with van der Waals surface area (Å²) < 4.78 is 0. The topological polar surface area (TPSA) is 42.9 Å². The van der Waals surface area contributed by atoms with Crippen molar-refractivity contribution >= 4 is 29.1 Å². The molecule has 1 fully saturated rings. The zero-order chi connectivity index (χ0) is 12.3. The fraction of sp³-hybridized carbons (Fsp3) is 0.583. The van der Waals surface area contributed by atoms with Crippen LogP contribution in [-0.2, 0) is 0 Å². The van der Waals surface area contributed by atoms with Crippen molar-refractivity contribution in [3.05, 3.63) is 16.9 Å². The van der Waals surface area contributed by atoms with E-state index in [0.717, 1.165) is 25.7 Å². The molecule has 0 aromatic carbocycles. The van der Waals surface area contributed by atoms with Gasteiger partial charge in [0.25, 0.3) is 0 Å². The molecule has 0 bridgehead atoms. The SMILES string of the molecule is CSc1nc(Cl)cc(C(=O)C2CCCCC2)n1. The van der Waals surface area contributed by atoms with Crippen LogP contribution in [0.4, 0.5) is 0 Å². The molecule has 1 aromatic heterocycles. The number of ketones is 1. The van der Waals surface area contributed by atoms with Gasteiger partial charge in [-0.05, 0) is 19.1 Å². The van der Waals surface area contributed by atoms with E-state index in [0.29, 0.717) is 16.0 Å². The molecule has 2 rings (SSSR count). The number of Topliss-reactive ketones (excluding diaryl/α,β-unsaturated/α-hetero) is 1. The number of hydrogen-bond acceptors (Lipinski definition) is 4. The van der Waals surface area contributed by atoms with E-state index in [2.05, 4.69) is 9.97 Å². The molecule has 17 heavy (non-hydrogen) atoms. The Labute approximate surface area is 110 Å². The van der Waals surface area contributed by atoms with Gasteiger partial charge >= 0.3 is 0 Å². The van der Waals surface area contributed by atoms with E-state index in [9.17, 15) is 4.79 Å². The highest BCUT2D eigenvalue weighted by Gasteiger charge is 2.24. The second-order valence-corrected chi connectivity index (χ2v) is 5.42. The van der Waals surface area contributed by atoms with Gasteiger partial charge in [0, 0.05) is 12.0 Å². The number of thioether (sulfide) groups is 1. The molecule has 92 valence electrons. The normalized spacial score (nSPS) is 17.1. The summed E-state index contributed by atoms with van der Waals surface area (Å²) in [4.78, 5) is 20.6. The van der Waals surface area contributed by atoms with Crippen LogP contribution in [-0.4, -0.2) is 22.0 Å². The molecule has 1 aliphatic rings. The fourth-order valence-corrected chi connectivity index (χ4v) is 2.80. The molecule has 0 amide bonds. The Morgan fingerprint density at radius 1 is 1.35 bits per heavy atom. The van der Waals surface area contributed by atoms with Gasteiger partial charge in [-0.2, -0.15) is 0 Å². The van der Waals surface area contributed by atoms with Crippen LogP contribution in [0, 0.1) is 5.92 Å². The van der Waals surface area contributed by atoms with Crippen molar-refractivity contribution in [1.29, 1.82) is 0 Å². The molecule has 0 aliphatic heterocycles. The highest BCUT2D eigenvalue weighted by Crippen LogP contribution is 2.27.